The van der Waals surface area contributed by atoms with Crippen LogP contribution in [0.1, 0.15) is 39.5 Å². The molecule has 0 saturated heterocycles. The maximum Gasteiger partial charge on any atom is 0.153 e. The first-order valence-corrected chi connectivity index (χ1v) is 5.28. The Bertz CT molecular complexity index is 236. The quantitative estimate of drug-likeness (QED) is 0.705. The predicted octanol–water partition coefficient (Wildman–Crippen LogP) is 1.73. The summed E-state index contributed by atoms with van der Waals surface area (Å²) in [5.74, 6) is 1.07. The molecule has 0 spiro atoms. The molecular weight excluding hydrogens is 162 g/mol. The van der Waals surface area contributed by atoms with Gasteiger partial charge < -0.3 is 5.73 Å². The molecule has 2 aliphatic rings. The van der Waals surface area contributed by atoms with Crippen molar-refractivity contribution >= 4 is 5.78 Å². The van der Waals surface area contributed by atoms with Gasteiger partial charge in [-0.1, -0.05) is 13.8 Å². The Morgan fingerprint density at radius 1 is 1.38 bits per heavy atom. The Balaban J connectivity index is 2.37. The van der Waals surface area contributed by atoms with Gasteiger partial charge in [-0.25, -0.2) is 0 Å². The standard InChI is InChI=1S/C11H19NO/c1-10(2)8-3-5-11(10,6-4-8)9(13)7-12/h8H,3-7,12H2,1-2H3. The van der Waals surface area contributed by atoms with E-state index in [1.165, 1.54) is 12.8 Å². The lowest BCUT2D eigenvalue weighted by molar-refractivity contribution is -0.131. The van der Waals surface area contributed by atoms with Crippen molar-refractivity contribution in [3.05, 3.63) is 0 Å². The van der Waals surface area contributed by atoms with Crippen molar-refractivity contribution in [1.82, 2.24) is 0 Å². The van der Waals surface area contributed by atoms with Crippen molar-refractivity contribution in [2.75, 3.05) is 6.54 Å². The Kier molecular flexibility index (Phi) is 1.82. The summed E-state index contributed by atoms with van der Waals surface area (Å²) in [6, 6.07) is 0. The van der Waals surface area contributed by atoms with Crippen LogP contribution >= 0.6 is 0 Å². The minimum absolute atomic E-state index is 0.0492. The normalized spacial score (nSPS) is 41.0. The van der Waals surface area contributed by atoms with Crippen molar-refractivity contribution in [3.8, 4) is 0 Å². The summed E-state index contributed by atoms with van der Waals surface area (Å²) in [6.07, 6.45) is 4.64. The van der Waals surface area contributed by atoms with Gasteiger partial charge in [-0.05, 0) is 37.0 Å². The number of nitrogens with two attached hydrogens (primary N) is 1. The minimum atomic E-state index is -0.0492. The first-order chi connectivity index (χ1) is 6.04. The molecule has 0 amide bonds. The summed E-state index contributed by atoms with van der Waals surface area (Å²) in [7, 11) is 0. The van der Waals surface area contributed by atoms with Crippen LogP contribution in [0, 0.1) is 16.7 Å². The Morgan fingerprint density at radius 3 is 2.23 bits per heavy atom. The molecule has 0 unspecified atom stereocenters. The molecule has 2 N–H and O–H groups in total. The second kappa shape index (κ2) is 2.57. The van der Waals surface area contributed by atoms with Gasteiger partial charge in [-0.3, -0.25) is 4.79 Å². The zero-order chi connectivity index (χ0) is 9.69. The number of hydrogen-bond acceptors (Lipinski definition) is 2. The Hall–Kier alpha value is -0.370. The van der Waals surface area contributed by atoms with Gasteiger partial charge in [0.15, 0.2) is 5.78 Å². The third-order valence-corrected chi connectivity index (χ3v) is 4.81. The van der Waals surface area contributed by atoms with Crippen LogP contribution in [0.15, 0.2) is 0 Å². The van der Waals surface area contributed by atoms with Gasteiger partial charge in [0.25, 0.3) is 0 Å². The number of hydrogen-bond donors (Lipinski definition) is 1. The molecule has 0 aliphatic heterocycles. The third-order valence-electron chi connectivity index (χ3n) is 4.81. The van der Waals surface area contributed by atoms with Crippen molar-refractivity contribution in [1.29, 1.82) is 0 Å². The molecule has 2 bridgehead atoms. The molecule has 0 atom stereocenters. The van der Waals surface area contributed by atoms with Gasteiger partial charge in [0.1, 0.15) is 0 Å². The Labute approximate surface area is 79.9 Å². The van der Waals surface area contributed by atoms with E-state index < -0.39 is 0 Å². The summed E-state index contributed by atoms with van der Waals surface area (Å²) in [4.78, 5) is 11.9. The van der Waals surface area contributed by atoms with Crippen LogP contribution in [-0.4, -0.2) is 12.3 Å². The van der Waals surface area contributed by atoms with E-state index in [0.29, 0.717) is 5.78 Å². The fourth-order valence-electron chi connectivity index (χ4n) is 3.70. The van der Waals surface area contributed by atoms with Crippen LogP contribution < -0.4 is 5.73 Å². The maximum absolute atomic E-state index is 11.9. The molecule has 2 saturated carbocycles. The van der Waals surface area contributed by atoms with Gasteiger partial charge in [-0.15, -0.1) is 0 Å². The molecule has 0 heterocycles. The monoisotopic (exact) mass is 181 g/mol. The molecule has 13 heavy (non-hydrogen) atoms. The molecule has 0 aromatic rings. The zero-order valence-corrected chi connectivity index (χ0v) is 8.60. The second-order valence-electron chi connectivity index (χ2n) is 5.21. The molecule has 2 fully saturated rings. The second-order valence-corrected chi connectivity index (χ2v) is 5.21. The lowest BCUT2D eigenvalue weighted by Gasteiger charge is -2.36. The van der Waals surface area contributed by atoms with Crippen LogP contribution in [0.5, 0.6) is 0 Å². The first kappa shape index (κ1) is 9.20. The van der Waals surface area contributed by atoms with E-state index in [2.05, 4.69) is 13.8 Å². The van der Waals surface area contributed by atoms with E-state index in [9.17, 15) is 4.79 Å². The van der Waals surface area contributed by atoms with E-state index in [-0.39, 0.29) is 17.4 Å². The minimum Gasteiger partial charge on any atom is -0.324 e. The maximum atomic E-state index is 11.9. The van der Waals surface area contributed by atoms with Crippen LogP contribution in [0.25, 0.3) is 0 Å². The van der Waals surface area contributed by atoms with E-state index in [0.717, 1.165) is 18.8 Å². The fraction of sp³-hybridized carbons (Fsp3) is 0.909. The summed E-state index contributed by atoms with van der Waals surface area (Å²) < 4.78 is 0. The third kappa shape index (κ3) is 0.899. The molecule has 0 aromatic carbocycles. The van der Waals surface area contributed by atoms with E-state index in [1.807, 2.05) is 0 Å². The van der Waals surface area contributed by atoms with Gasteiger partial charge in [-0.2, -0.15) is 0 Å². The molecule has 0 aromatic heterocycles. The highest BCUT2D eigenvalue weighted by molar-refractivity contribution is 5.88. The van der Waals surface area contributed by atoms with Crippen molar-refractivity contribution in [2.24, 2.45) is 22.5 Å². The molecule has 74 valence electrons. The zero-order valence-electron chi connectivity index (χ0n) is 8.60. The van der Waals surface area contributed by atoms with Crippen LogP contribution in [0.3, 0.4) is 0 Å². The molecule has 0 radical (unpaired) electrons. The molecule has 2 nitrogen and oxygen atoms in total. The summed E-state index contributed by atoms with van der Waals surface area (Å²) in [5, 5.41) is 0. The highest BCUT2D eigenvalue weighted by Crippen LogP contribution is 2.65. The Morgan fingerprint density at radius 2 is 1.92 bits per heavy atom. The van der Waals surface area contributed by atoms with Crippen molar-refractivity contribution < 1.29 is 4.79 Å². The number of fused-ring (bicyclic) bond motifs is 2. The highest BCUT2D eigenvalue weighted by Gasteiger charge is 2.61. The van der Waals surface area contributed by atoms with Crippen LogP contribution in [0.2, 0.25) is 0 Å². The van der Waals surface area contributed by atoms with E-state index in [4.69, 9.17) is 5.73 Å². The van der Waals surface area contributed by atoms with E-state index in [1.54, 1.807) is 0 Å². The number of Topliss-reactive ketones (excluding diaryl/α,β-unsaturated/α-hetero) is 1. The molecule has 2 aliphatic carbocycles. The van der Waals surface area contributed by atoms with Crippen molar-refractivity contribution in [2.45, 2.75) is 39.5 Å². The largest absolute Gasteiger partial charge is 0.324 e. The van der Waals surface area contributed by atoms with Crippen molar-refractivity contribution in [3.63, 3.8) is 0 Å². The molecule has 2 rings (SSSR count). The SMILES string of the molecule is CC1(C)C2CCC1(C(=O)CN)CC2. The average Bonchev–Trinajstić information content (AvgIpc) is 2.53. The van der Waals surface area contributed by atoms with Crippen LogP contribution in [-0.2, 0) is 4.79 Å². The number of rotatable bonds is 2. The number of ketones is 1. The number of carbonyl (C=O) groups is 1. The van der Waals surface area contributed by atoms with Gasteiger partial charge in [0, 0.05) is 5.41 Å². The average molecular weight is 181 g/mol. The predicted molar refractivity (Wildman–Crippen MR) is 52.2 cm³/mol. The van der Waals surface area contributed by atoms with Gasteiger partial charge in [0.2, 0.25) is 0 Å². The smallest absolute Gasteiger partial charge is 0.153 e. The lowest BCUT2D eigenvalue weighted by atomic mass is 9.67. The topological polar surface area (TPSA) is 43.1 Å². The lowest BCUT2D eigenvalue weighted by Crippen LogP contribution is -2.41. The summed E-state index contributed by atoms with van der Waals surface area (Å²) in [5.41, 5.74) is 5.67. The molecule has 2 heteroatoms. The van der Waals surface area contributed by atoms with Crippen LogP contribution in [0.4, 0.5) is 0 Å². The van der Waals surface area contributed by atoms with E-state index >= 15 is 0 Å². The molecular formula is C11H19NO. The fourth-order valence-corrected chi connectivity index (χ4v) is 3.70. The summed E-state index contributed by atoms with van der Waals surface area (Å²) in [6.45, 7) is 4.74. The van der Waals surface area contributed by atoms with Gasteiger partial charge >= 0.3 is 0 Å². The summed E-state index contributed by atoms with van der Waals surface area (Å²) >= 11 is 0. The first-order valence-electron chi connectivity index (χ1n) is 5.28. The number of carbonyl (C=O) groups excluding carboxylic acids is 1. The highest BCUT2D eigenvalue weighted by atomic mass is 16.1. The van der Waals surface area contributed by atoms with Gasteiger partial charge in [0.05, 0.1) is 6.54 Å².